The number of guanidine groups is 1. The summed E-state index contributed by atoms with van der Waals surface area (Å²) in [7, 11) is 1.75. The molecule has 2 aromatic rings. The van der Waals surface area contributed by atoms with Crippen molar-refractivity contribution < 1.29 is 8.91 Å². The van der Waals surface area contributed by atoms with Gasteiger partial charge in [0, 0.05) is 37.9 Å². The van der Waals surface area contributed by atoms with E-state index in [1.807, 2.05) is 12.1 Å². The third kappa shape index (κ3) is 4.24. The fourth-order valence-corrected chi connectivity index (χ4v) is 2.85. The first-order chi connectivity index (χ1) is 11.7. The Morgan fingerprint density at radius 3 is 2.88 bits per heavy atom. The molecule has 1 aromatic heterocycles. The molecule has 2 heterocycles. The molecule has 7 heteroatoms. The minimum atomic E-state index is -0.190. The normalized spacial score (nSPS) is 16.2. The highest BCUT2D eigenvalue weighted by atomic mass is 19.1. The van der Waals surface area contributed by atoms with Crippen molar-refractivity contribution in [1.29, 1.82) is 0 Å². The van der Waals surface area contributed by atoms with E-state index in [2.05, 4.69) is 25.7 Å². The second kappa shape index (κ2) is 7.81. The number of benzene rings is 1. The Morgan fingerprint density at radius 2 is 2.21 bits per heavy atom. The van der Waals surface area contributed by atoms with Gasteiger partial charge in [0.1, 0.15) is 17.8 Å². The van der Waals surface area contributed by atoms with Crippen LogP contribution in [-0.2, 0) is 6.54 Å². The molecule has 1 fully saturated rings. The average Bonchev–Trinajstić information content (AvgIpc) is 3.12. The quantitative estimate of drug-likeness (QED) is 0.664. The molecule has 0 amide bonds. The van der Waals surface area contributed by atoms with Crippen LogP contribution >= 0.6 is 0 Å². The molecule has 0 spiro atoms. The van der Waals surface area contributed by atoms with Crippen molar-refractivity contribution in [3.63, 3.8) is 0 Å². The maximum absolute atomic E-state index is 13.3. The van der Waals surface area contributed by atoms with Gasteiger partial charge in [0.05, 0.1) is 6.54 Å². The predicted molar refractivity (Wildman–Crippen MR) is 91.5 cm³/mol. The van der Waals surface area contributed by atoms with Gasteiger partial charge in [0.15, 0.2) is 5.96 Å². The lowest BCUT2D eigenvalue weighted by atomic mass is 10.0. The zero-order chi connectivity index (χ0) is 16.8. The van der Waals surface area contributed by atoms with E-state index in [0.29, 0.717) is 12.6 Å². The maximum atomic E-state index is 13.3. The van der Waals surface area contributed by atoms with Crippen molar-refractivity contribution >= 4 is 11.6 Å². The molecule has 1 aromatic carbocycles. The summed E-state index contributed by atoms with van der Waals surface area (Å²) in [6.45, 7) is 2.35. The summed E-state index contributed by atoms with van der Waals surface area (Å²) in [5, 5.41) is 10.5. The number of hydrogen-bond donors (Lipinski definition) is 2. The van der Waals surface area contributed by atoms with E-state index < -0.39 is 0 Å². The number of aliphatic imine (C=N–C) groups is 1. The first-order valence-electron chi connectivity index (χ1n) is 8.11. The molecule has 1 saturated heterocycles. The fourth-order valence-electron chi connectivity index (χ4n) is 2.85. The van der Waals surface area contributed by atoms with Crippen LogP contribution in [0, 0.1) is 5.82 Å². The Balaban J connectivity index is 1.47. The largest absolute Gasteiger partial charge is 0.371 e. The smallest absolute Gasteiger partial charge is 0.191 e. The van der Waals surface area contributed by atoms with Gasteiger partial charge in [-0.05, 0) is 31.0 Å². The van der Waals surface area contributed by atoms with Crippen LogP contribution in [0.15, 0.2) is 46.1 Å². The van der Waals surface area contributed by atoms with Crippen LogP contribution in [0.4, 0.5) is 10.1 Å². The van der Waals surface area contributed by atoms with Gasteiger partial charge in [0.25, 0.3) is 0 Å². The number of piperidine rings is 1. The van der Waals surface area contributed by atoms with Crippen LogP contribution in [-0.4, -0.2) is 37.3 Å². The molecule has 0 atom stereocenters. The number of nitrogens with one attached hydrogen (secondary N) is 2. The lowest BCUT2D eigenvalue weighted by Crippen LogP contribution is -2.48. The Bertz CT molecular complexity index is 665. The van der Waals surface area contributed by atoms with Crippen molar-refractivity contribution in [2.75, 3.05) is 25.0 Å². The second-order valence-electron chi connectivity index (χ2n) is 5.80. The monoisotopic (exact) mass is 331 g/mol. The predicted octanol–water partition coefficient (Wildman–Crippen LogP) is 2.15. The number of rotatable bonds is 4. The van der Waals surface area contributed by atoms with Crippen molar-refractivity contribution in [3.05, 3.63) is 48.1 Å². The number of hydrogen-bond acceptors (Lipinski definition) is 4. The van der Waals surface area contributed by atoms with Crippen LogP contribution in [0.25, 0.3) is 0 Å². The zero-order valence-electron chi connectivity index (χ0n) is 13.7. The summed E-state index contributed by atoms with van der Waals surface area (Å²) >= 11 is 0. The van der Waals surface area contributed by atoms with Crippen molar-refractivity contribution in [2.45, 2.75) is 25.4 Å². The highest BCUT2D eigenvalue weighted by Crippen LogP contribution is 2.20. The van der Waals surface area contributed by atoms with Gasteiger partial charge in [-0.2, -0.15) is 0 Å². The summed E-state index contributed by atoms with van der Waals surface area (Å²) < 4.78 is 18.2. The number of halogens is 1. The van der Waals surface area contributed by atoms with Crippen molar-refractivity contribution in [3.8, 4) is 0 Å². The van der Waals surface area contributed by atoms with Crippen LogP contribution in [0.2, 0.25) is 0 Å². The van der Waals surface area contributed by atoms with Crippen molar-refractivity contribution in [2.24, 2.45) is 4.99 Å². The highest BCUT2D eigenvalue weighted by molar-refractivity contribution is 5.79. The summed E-state index contributed by atoms with van der Waals surface area (Å²) in [5.74, 6) is 0.562. The number of anilines is 1. The Morgan fingerprint density at radius 1 is 1.38 bits per heavy atom. The number of nitrogens with zero attached hydrogens (tertiary/aromatic N) is 3. The molecule has 128 valence electrons. The van der Waals surface area contributed by atoms with Gasteiger partial charge < -0.3 is 20.1 Å². The third-order valence-corrected chi connectivity index (χ3v) is 4.16. The molecular formula is C17H22FN5O. The van der Waals surface area contributed by atoms with Crippen molar-refractivity contribution in [1.82, 2.24) is 15.8 Å². The molecule has 24 heavy (non-hydrogen) atoms. The second-order valence-corrected chi connectivity index (χ2v) is 5.80. The molecule has 3 rings (SSSR count). The molecule has 0 saturated carbocycles. The molecule has 0 unspecified atom stereocenters. The van der Waals surface area contributed by atoms with Crippen LogP contribution in [0.1, 0.15) is 18.5 Å². The van der Waals surface area contributed by atoms with Gasteiger partial charge in [-0.25, -0.2) is 4.39 Å². The van der Waals surface area contributed by atoms with E-state index in [-0.39, 0.29) is 5.82 Å². The van der Waals surface area contributed by atoms with Gasteiger partial charge in [-0.1, -0.05) is 11.2 Å². The SMILES string of the molecule is CN=C(NCc1ccon1)NC1CCN(c2cccc(F)c2)CC1. The first kappa shape index (κ1) is 16.3. The minimum Gasteiger partial charge on any atom is -0.371 e. The Hall–Kier alpha value is -2.57. The van der Waals surface area contributed by atoms with Gasteiger partial charge in [-0.15, -0.1) is 0 Å². The van der Waals surface area contributed by atoms with E-state index in [1.54, 1.807) is 25.4 Å². The standard InChI is InChI=1S/C17H22FN5O/c1-19-17(20-12-15-7-10-24-22-15)21-14-5-8-23(9-6-14)16-4-2-3-13(18)11-16/h2-4,7,10-11,14H,5-6,8-9,12H2,1H3,(H2,19,20,21). The molecule has 1 aliphatic heterocycles. The number of aromatic nitrogens is 1. The third-order valence-electron chi connectivity index (χ3n) is 4.16. The Labute approximate surface area is 140 Å². The highest BCUT2D eigenvalue weighted by Gasteiger charge is 2.20. The molecular weight excluding hydrogens is 309 g/mol. The molecule has 0 bridgehead atoms. The van der Waals surface area contributed by atoms with Crippen LogP contribution < -0.4 is 15.5 Å². The minimum absolute atomic E-state index is 0.190. The lowest BCUT2D eigenvalue weighted by Gasteiger charge is -2.34. The molecule has 0 aliphatic carbocycles. The van der Waals surface area contributed by atoms with Gasteiger partial charge in [-0.3, -0.25) is 4.99 Å². The molecule has 6 nitrogen and oxygen atoms in total. The van der Waals surface area contributed by atoms with E-state index in [1.165, 1.54) is 6.07 Å². The average molecular weight is 331 g/mol. The summed E-state index contributed by atoms with van der Waals surface area (Å²) in [4.78, 5) is 6.46. The van der Waals surface area contributed by atoms with E-state index >= 15 is 0 Å². The maximum Gasteiger partial charge on any atom is 0.191 e. The zero-order valence-corrected chi connectivity index (χ0v) is 13.7. The summed E-state index contributed by atoms with van der Waals surface area (Å²) in [6, 6.07) is 8.94. The first-order valence-corrected chi connectivity index (χ1v) is 8.11. The van der Waals surface area contributed by atoms with Crippen LogP contribution in [0.3, 0.4) is 0 Å². The van der Waals surface area contributed by atoms with E-state index in [0.717, 1.165) is 43.3 Å². The lowest BCUT2D eigenvalue weighted by molar-refractivity contribution is 0.410. The summed E-state index contributed by atoms with van der Waals surface area (Å²) in [6.07, 6.45) is 3.50. The van der Waals surface area contributed by atoms with Crippen LogP contribution in [0.5, 0.6) is 0 Å². The fraction of sp³-hybridized carbons (Fsp3) is 0.412. The van der Waals surface area contributed by atoms with Gasteiger partial charge in [0.2, 0.25) is 0 Å². The topological polar surface area (TPSA) is 65.7 Å². The summed E-state index contributed by atoms with van der Waals surface area (Å²) in [5.41, 5.74) is 1.78. The molecule has 1 aliphatic rings. The van der Waals surface area contributed by atoms with E-state index in [4.69, 9.17) is 4.52 Å². The van der Waals surface area contributed by atoms with E-state index in [9.17, 15) is 4.39 Å². The molecule has 0 radical (unpaired) electrons. The molecule has 2 N–H and O–H groups in total. The van der Waals surface area contributed by atoms with Gasteiger partial charge >= 0.3 is 0 Å². The Kier molecular flexibility index (Phi) is 5.30.